The van der Waals surface area contributed by atoms with Gasteiger partial charge in [-0.2, -0.15) is 0 Å². The summed E-state index contributed by atoms with van der Waals surface area (Å²) >= 11 is 3.30. The lowest BCUT2D eigenvalue weighted by atomic mass is 10.2. The van der Waals surface area contributed by atoms with Gasteiger partial charge in [-0.1, -0.05) is 0 Å². The van der Waals surface area contributed by atoms with Gasteiger partial charge < -0.3 is 15.0 Å². The maximum atomic E-state index is 12.6. The molecule has 1 aromatic rings. The molecular weight excluding hydrogens is 426 g/mol. The lowest BCUT2D eigenvalue weighted by molar-refractivity contribution is 0.0933. The van der Waals surface area contributed by atoms with Crippen LogP contribution in [0.25, 0.3) is 0 Å². The van der Waals surface area contributed by atoms with E-state index in [1.54, 1.807) is 6.07 Å². The molecule has 0 unspecified atom stereocenters. The van der Waals surface area contributed by atoms with Crippen molar-refractivity contribution in [3.8, 4) is 0 Å². The number of methoxy groups -OCH3 is 1. The quantitative estimate of drug-likeness (QED) is 0.713. The monoisotopic (exact) mass is 445 g/mol. The molecule has 1 saturated carbocycles. The zero-order chi connectivity index (χ0) is 18.9. The number of nitrogens with one attached hydrogen (secondary N) is 2. The molecule has 0 spiro atoms. The second-order valence-electron chi connectivity index (χ2n) is 6.41. The van der Waals surface area contributed by atoms with Gasteiger partial charge in [-0.25, -0.2) is 17.9 Å². The Morgan fingerprint density at radius 2 is 1.96 bits per heavy atom. The Hall–Kier alpha value is -1.65. The van der Waals surface area contributed by atoms with E-state index in [1.807, 2.05) is 0 Å². The first kappa shape index (κ1) is 19.1. The van der Waals surface area contributed by atoms with Crippen LogP contribution in [0.15, 0.2) is 27.6 Å². The third-order valence-electron chi connectivity index (χ3n) is 4.35. The Bertz CT molecular complexity index is 825. The van der Waals surface area contributed by atoms with Crippen LogP contribution in [0.2, 0.25) is 0 Å². The Morgan fingerprint density at radius 1 is 1.23 bits per heavy atom. The van der Waals surface area contributed by atoms with E-state index >= 15 is 0 Å². The van der Waals surface area contributed by atoms with Gasteiger partial charge in [-0.05, 0) is 53.4 Å². The second kappa shape index (κ2) is 7.53. The molecule has 10 heteroatoms. The van der Waals surface area contributed by atoms with Gasteiger partial charge in [0.05, 0.1) is 17.6 Å². The summed E-state index contributed by atoms with van der Waals surface area (Å²) in [6.45, 7) is 0.857. The zero-order valence-electron chi connectivity index (χ0n) is 14.2. The van der Waals surface area contributed by atoms with Gasteiger partial charge >= 0.3 is 6.09 Å². The smallest absolute Gasteiger partial charge is 0.409 e. The van der Waals surface area contributed by atoms with Crippen molar-refractivity contribution in [2.45, 2.75) is 36.2 Å². The van der Waals surface area contributed by atoms with Crippen LogP contribution in [0.5, 0.6) is 0 Å². The van der Waals surface area contributed by atoms with E-state index in [9.17, 15) is 18.0 Å². The average Bonchev–Trinajstić information content (AvgIpc) is 3.28. The number of carbonyl (C=O) groups excluding carboxylic acids is 2. The maximum absolute atomic E-state index is 12.6. The lowest BCUT2D eigenvalue weighted by Gasteiger charge is -2.16. The van der Waals surface area contributed by atoms with Crippen LogP contribution in [0, 0.1) is 0 Å². The van der Waals surface area contributed by atoms with E-state index in [1.165, 1.54) is 24.1 Å². The molecular formula is C16H20BrN3O5S. The van der Waals surface area contributed by atoms with Crippen LogP contribution in [-0.2, 0) is 14.8 Å². The fourth-order valence-electron chi connectivity index (χ4n) is 2.77. The Morgan fingerprint density at radius 3 is 2.62 bits per heavy atom. The molecule has 142 valence electrons. The molecule has 1 aliphatic carbocycles. The Labute approximate surface area is 160 Å². The number of sulfonamides is 1. The van der Waals surface area contributed by atoms with Crippen molar-refractivity contribution >= 4 is 38.0 Å². The molecule has 2 aliphatic rings. The van der Waals surface area contributed by atoms with Crippen LogP contribution in [0.4, 0.5) is 4.79 Å². The summed E-state index contributed by atoms with van der Waals surface area (Å²) in [5, 5.41) is 2.84. The molecule has 0 radical (unpaired) electrons. The summed E-state index contributed by atoms with van der Waals surface area (Å²) in [7, 11) is -2.33. The van der Waals surface area contributed by atoms with Crippen LogP contribution in [-0.4, -0.2) is 57.6 Å². The van der Waals surface area contributed by atoms with Crippen molar-refractivity contribution in [1.82, 2.24) is 14.9 Å². The number of likely N-dealkylation sites (tertiary alicyclic amines) is 1. The van der Waals surface area contributed by atoms with E-state index in [2.05, 4.69) is 30.7 Å². The second-order valence-corrected chi connectivity index (χ2v) is 8.98. The first-order chi connectivity index (χ1) is 12.3. The normalized spacial score (nSPS) is 20.1. The number of amides is 2. The number of halogens is 1. The van der Waals surface area contributed by atoms with Crippen LogP contribution in [0.1, 0.15) is 29.6 Å². The predicted molar refractivity (Wildman–Crippen MR) is 97.3 cm³/mol. The molecule has 1 heterocycles. The molecule has 1 aromatic carbocycles. The largest absolute Gasteiger partial charge is 0.453 e. The lowest BCUT2D eigenvalue weighted by Crippen LogP contribution is -2.38. The molecule has 2 amide bonds. The summed E-state index contributed by atoms with van der Waals surface area (Å²) in [6, 6.07) is 4.14. The van der Waals surface area contributed by atoms with Crippen molar-refractivity contribution in [2.75, 3.05) is 20.2 Å². The van der Waals surface area contributed by atoms with E-state index in [0.29, 0.717) is 24.0 Å². The van der Waals surface area contributed by atoms with Crippen molar-refractivity contribution in [2.24, 2.45) is 0 Å². The van der Waals surface area contributed by atoms with Gasteiger partial charge in [0.2, 0.25) is 10.0 Å². The fraction of sp³-hybridized carbons (Fsp3) is 0.500. The van der Waals surface area contributed by atoms with Gasteiger partial charge in [0, 0.05) is 29.6 Å². The molecule has 3 rings (SSSR count). The summed E-state index contributed by atoms with van der Waals surface area (Å²) in [5.41, 5.74) is 0.236. The highest BCUT2D eigenvalue weighted by molar-refractivity contribution is 9.10. The fourth-order valence-corrected chi connectivity index (χ4v) is 4.53. The minimum atomic E-state index is -3.64. The van der Waals surface area contributed by atoms with E-state index in [4.69, 9.17) is 0 Å². The summed E-state index contributed by atoms with van der Waals surface area (Å²) in [6.07, 6.45) is 1.85. The van der Waals surface area contributed by atoms with Crippen molar-refractivity contribution in [1.29, 1.82) is 0 Å². The minimum absolute atomic E-state index is 0.0104. The third-order valence-corrected chi connectivity index (χ3v) is 6.56. The number of ether oxygens (including phenoxy) is 1. The van der Waals surface area contributed by atoms with Crippen LogP contribution in [0.3, 0.4) is 0 Å². The number of benzene rings is 1. The number of nitrogens with zero attached hydrogens (tertiary/aromatic N) is 1. The van der Waals surface area contributed by atoms with Gasteiger partial charge in [-0.3, -0.25) is 4.79 Å². The first-order valence-corrected chi connectivity index (χ1v) is 10.5. The topological polar surface area (TPSA) is 105 Å². The summed E-state index contributed by atoms with van der Waals surface area (Å²) < 4.78 is 32.5. The highest BCUT2D eigenvalue weighted by atomic mass is 79.9. The van der Waals surface area contributed by atoms with E-state index in [0.717, 1.165) is 12.8 Å². The maximum Gasteiger partial charge on any atom is 0.409 e. The third kappa shape index (κ3) is 4.36. The molecule has 1 atom stereocenters. The number of rotatable bonds is 5. The highest BCUT2D eigenvalue weighted by Crippen LogP contribution is 2.25. The molecule has 2 N–H and O–H groups in total. The van der Waals surface area contributed by atoms with Gasteiger partial charge in [-0.15, -0.1) is 0 Å². The van der Waals surface area contributed by atoms with Crippen LogP contribution < -0.4 is 10.0 Å². The standard InChI is InChI=1S/C16H20BrN3O5S/c1-25-16(22)20-7-6-11(9-20)18-15(21)13-8-12(4-5-14(13)17)26(23,24)19-10-2-3-10/h4-5,8,10-11,19H,2-3,6-7,9H2,1H3,(H,18,21)/t11-/m1/s1. The molecule has 0 aromatic heterocycles. The summed E-state index contributed by atoms with van der Waals surface area (Å²) in [5.74, 6) is -0.392. The van der Waals surface area contributed by atoms with Crippen molar-refractivity contribution in [3.05, 3.63) is 28.2 Å². The number of hydrogen-bond acceptors (Lipinski definition) is 5. The molecule has 8 nitrogen and oxygen atoms in total. The van der Waals surface area contributed by atoms with E-state index < -0.39 is 22.0 Å². The van der Waals surface area contributed by atoms with Gasteiger partial charge in [0.15, 0.2) is 0 Å². The number of hydrogen-bond donors (Lipinski definition) is 2. The molecule has 1 saturated heterocycles. The predicted octanol–water partition coefficient (Wildman–Crippen LogP) is 1.46. The van der Waals surface area contributed by atoms with E-state index in [-0.39, 0.29) is 22.5 Å². The summed E-state index contributed by atoms with van der Waals surface area (Å²) in [4.78, 5) is 25.7. The zero-order valence-corrected chi connectivity index (χ0v) is 16.6. The minimum Gasteiger partial charge on any atom is -0.453 e. The average molecular weight is 446 g/mol. The molecule has 0 bridgehead atoms. The van der Waals surface area contributed by atoms with Gasteiger partial charge in [0.1, 0.15) is 0 Å². The molecule has 26 heavy (non-hydrogen) atoms. The molecule has 2 fully saturated rings. The number of carbonyl (C=O) groups is 2. The van der Waals surface area contributed by atoms with Crippen LogP contribution >= 0.6 is 15.9 Å². The van der Waals surface area contributed by atoms with Crippen molar-refractivity contribution in [3.63, 3.8) is 0 Å². The highest BCUT2D eigenvalue weighted by Gasteiger charge is 2.30. The Kier molecular flexibility index (Phi) is 5.54. The Balaban J connectivity index is 1.71. The van der Waals surface area contributed by atoms with Crippen molar-refractivity contribution < 1.29 is 22.7 Å². The first-order valence-electron chi connectivity index (χ1n) is 8.26. The molecule has 1 aliphatic heterocycles. The SMILES string of the molecule is COC(=O)N1CC[C@@H](NC(=O)c2cc(S(=O)(=O)NC3CC3)ccc2Br)C1. The van der Waals surface area contributed by atoms with Gasteiger partial charge in [0.25, 0.3) is 5.91 Å².